The minimum atomic E-state index is 0.197. The molecule has 3 rings (SSSR count). The summed E-state index contributed by atoms with van der Waals surface area (Å²) in [5, 5.41) is 3.60. The molecular formula is C17H26N2. The maximum Gasteiger partial charge on any atom is 0.0309 e. The molecular weight excluding hydrogens is 232 g/mol. The summed E-state index contributed by atoms with van der Waals surface area (Å²) in [6.45, 7) is 1.17. The highest BCUT2D eigenvalue weighted by molar-refractivity contribution is 5.35. The van der Waals surface area contributed by atoms with Gasteiger partial charge in [0.25, 0.3) is 0 Å². The normalized spacial score (nSPS) is 24.8. The fourth-order valence-corrected chi connectivity index (χ4v) is 3.55. The van der Waals surface area contributed by atoms with Gasteiger partial charge in [0.1, 0.15) is 0 Å². The zero-order chi connectivity index (χ0) is 13.1. The summed E-state index contributed by atoms with van der Waals surface area (Å²) >= 11 is 0. The Hall–Kier alpha value is -0.860. The molecule has 2 aliphatic rings. The van der Waals surface area contributed by atoms with Gasteiger partial charge in [0, 0.05) is 12.1 Å². The lowest BCUT2D eigenvalue weighted by Crippen LogP contribution is -2.36. The van der Waals surface area contributed by atoms with Crippen LogP contribution in [-0.2, 0) is 12.8 Å². The van der Waals surface area contributed by atoms with Crippen LogP contribution in [0.25, 0.3) is 0 Å². The number of hydrogen-bond acceptors (Lipinski definition) is 2. The van der Waals surface area contributed by atoms with Crippen molar-refractivity contribution in [3.63, 3.8) is 0 Å². The third-order valence-electron chi connectivity index (χ3n) is 4.75. The Balaban J connectivity index is 1.67. The van der Waals surface area contributed by atoms with Crippen LogP contribution in [0.3, 0.4) is 0 Å². The number of rotatable bonds is 3. The fraction of sp³-hybridized carbons (Fsp3) is 0.647. The van der Waals surface area contributed by atoms with E-state index in [9.17, 15) is 0 Å². The van der Waals surface area contributed by atoms with Gasteiger partial charge in [-0.3, -0.25) is 0 Å². The van der Waals surface area contributed by atoms with E-state index >= 15 is 0 Å². The molecule has 1 aromatic rings. The first-order valence-electron chi connectivity index (χ1n) is 7.93. The van der Waals surface area contributed by atoms with Crippen LogP contribution in [0.4, 0.5) is 0 Å². The summed E-state index contributed by atoms with van der Waals surface area (Å²) in [6, 6.07) is 7.78. The van der Waals surface area contributed by atoms with Crippen LogP contribution in [0.1, 0.15) is 61.3 Å². The van der Waals surface area contributed by atoms with Crippen LogP contribution < -0.4 is 11.1 Å². The summed E-state index contributed by atoms with van der Waals surface area (Å²) < 4.78 is 0. The molecule has 0 bridgehead atoms. The molecule has 1 heterocycles. The summed E-state index contributed by atoms with van der Waals surface area (Å²) in [7, 11) is 0. The highest BCUT2D eigenvalue weighted by Crippen LogP contribution is 2.26. The third kappa shape index (κ3) is 3.18. The van der Waals surface area contributed by atoms with E-state index in [1.54, 1.807) is 11.1 Å². The van der Waals surface area contributed by atoms with Crippen molar-refractivity contribution in [1.82, 2.24) is 5.32 Å². The van der Waals surface area contributed by atoms with Crippen molar-refractivity contribution in [3.05, 3.63) is 34.9 Å². The number of hydrogen-bond donors (Lipinski definition) is 2. The smallest absolute Gasteiger partial charge is 0.0309 e. The predicted octanol–water partition coefficient (Wildman–Crippen LogP) is 3.10. The molecule has 0 saturated carbocycles. The largest absolute Gasteiger partial charge is 0.324 e. The Morgan fingerprint density at radius 1 is 1.11 bits per heavy atom. The van der Waals surface area contributed by atoms with Gasteiger partial charge in [-0.1, -0.05) is 24.6 Å². The van der Waals surface area contributed by atoms with Crippen molar-refractivity contribution in [2.75, 3.05) is 6.54 Å². The molecule has 0 spiro atoms. The number of nitrogens with one attached hydrogen (secondary N) is 1. The summed E-state index contributed by atoms with van der Waals surface area (Å²) in [5.74, 6) is 0. The van der Waals surface area contributed by atoms with E-state index in [0.717, 1.165) is 6.42 Å². The Labute approximate surface area is 116 Å². The molecule has 3 N–H and O–H groups in total. The first-order valence-corrected chi connectivity index (χ1v) is 7.93. The van der Waals surface area contributed by atoms with Gasteiger partial charge >= 0.3 is 0 Å². The van der Waals surface area contributed by atoms with E-state index < -0.39 is 0 Å². The van der Waals surface area contributed by atoms with Crippen molar-refractivity contribution in [2.24, 2.45) is 5.73 Å². The third-order valence-corrected chi connectivity index (χ3v) is 4.75. The van der Waals surface area contributed by atoms with Gasteiger partial charge in [-0.05, 0) is 68.2 Å². The molecule has 1 saturated heterocycles. The van der Waals surface area contributed by atoms with Gasteiger partial charge in [-0.2, -0.15) is 0 Å². The molecule has 2 unspecified atom stereocenters. The highest BCUT2D eigenvalue weighted by atomic mass is 14.9. The quantitative estimate of drug-likeness (QED) is 0.874. The lowest BCUT2D eigenvalue weighted by atomic mass is 9.87. The topological polar surface area (TPSA) is 38.0 Å². The highest BCUT2D eigenvalue weighted by Gasteiger charge is 2.18. The summed E-state index contributed by atoms with van der Waals surface area (Å²) in [6.07, 6.45) is 10.3. The Kier molecular flexibility index (Phi) is 4.19. The van der Waals surface area contributed by atoms with E-state index in [4.69, 9.17) is 5.73 Å². The van der Waals surface area contributed by atoms with Crippen LogP contribution in [0, 0.1) is 0 Å². The Bertz CT molecular complexity index is 421. The molecule has 2 heteroatoms. The van der Waals surface area contributed by atoms with Crippen LogP contribution in [-0.4, -0.2) is 12.6 Å². The van der Waals surface area contributed by atoms with Gasteiger partial charge < -0.3 is 11.1 Å². The van der Waals surface area contributed by atoms with Crippen molar-refractivity contribution in [2.45, 2.75) is 63.5 Å². The SMILES string of the molecule is NC(CC1CCCCN1)c1ccc2c(c1)CCCC2. The number of nitrogens with two attached hydrogens (primary N) is 1. The summed E-state index contributed by atoms with van der Waals surface area (Å²) in [5.41, 5.74) is 10.9. The number of aryl methyl sites for hydroxylation is 2. The summed E-state index contributed by atoms with van der Waals surface area (Å²) in [4.78, 5) is 0. The second-order valence-corrected chi connectivity index (χ2v) is 6.22. The standard InChI is InChI=1S/C17H26N2/c18-17(12-16-7-3-4-10-19-16)15-9-8-13-5-1-2-6-14(13)11-15/h8-9,11,16-17,19H,1-7,10,12,18H2. The number of piperidine rings is 1. The van der Waals surface area contributed by atoms with Gasteiger partial charge in [-0.15, -0.1) is 0 Å². The molecule has 0 amide bonds. The van der Waals surface area contributed by atoms with Crippen LogP contribution >= 0.6 is 0 Å². The number of fused-ring (bicyclic) bond motifs is 1. The Morgan fingerprint density at radius 3 is 2.74 bits per heavy atom. The van der Waals surface area contributed by atoms with Gasteiger partial charge in [0.15, 0.2) is 0 Å². The number of benzene rings is 1. The Morgan fingerprint density at radius 2 is 1.95 bits per heavy atom. The van der Waals surface area contributed by atoms with Gasteiger partial charge in [0.05, 0.1) is 0 Å². The molecule has 2 atom stereocenters. The van der Waals surface area contributed by atoms with E-state index in [0.29, 0.717) is 6.04 Å². The zero-order valence-corrected chi connectivity index (χ0v) is 11.8. The lowest BCUT2D eigenvalue weighted by Gasteiger charge is -2.27. The maximum atomic E-state index is 6.42. The van der Waals surface area contributed by atoms with E-state index in [1.807, 2.05) is 0 Å². The van der Waals surface area contributed by atoms with Crippen molar-refractivity contribution < 1.29 is 0 Å². The lowest BCUT2D eigenvalue weighted by molar-refractivity contribution is 0.362. The van der Waals surface area contributed by atoms with Crippen molar-refractivity contribution in [1.29, 1.82) is 0 Å². The minimum Gasteiger partial charge on any atom is -0.324 e. The fourth-order valence-electron chi connectivity index (χ4n) is 3.55. The molecule has 1 aliphatic carbocycles. The molecule has 2 nitrogen and oxygen atoms in total. The predicted molar refractivity (Wildman–Crippen MR) is 80.3 cm³/mol. The second-order valence-electron chi connectivity index (χ2n) is 6.22. The van der Waals surface area contributed by atoms with Gasteiger partial charge in [-0.25, -0.2) is 0 Å². The van der Waals surface area contributed by atoms with E-state index in [-0.39, 0.29) is 6.04 Å². The zero-order valence-electron chi connectivity index (χ0n) is 11.8. The molecule has 1 fully saturated rings. The maximum absolute atomic E-state index is 6.42. The first kappa shape index (κ1) is 13.1. The molecule has 1 aliphatic heterocycles. The molecule has 0 aromatic heterocycles. The molecule has 1 aromatic carbocycles. The van der Waals surface area contributed by atoms with Crippen molar-refractivity contribution >= 4 is 0 Å². The van der Waals surface area contributed by atoms with Crippen molar-refractivity contribution in [3.8, 4) is 0 Å². The van der Waals surface area contributed by atoms with Crippen LogP contribution in [0.15, 0.2) is 18.2 Å². The second kappa shape index (κ2) is 6.06. The van der Waals surface area contributed by atoms with E-state index in [2.05, 4.69) is 23.5 Å². The minimum absolute atomic E-state index is 0.197. The average molecular weight is 258 g/mol. The monoisotopic (exact) mass is 258 g/mol. The average Bonchev–Trinajstić information content (AvgIpc) is 2.48. The van der Waals surface area contributed by atoms with E-state index in [1.165, 1.54) is 57.1 Å². The first-order chi connectivity index (χ1) is 9.33. The molecule has 0 radical (unpaired) electrons. The van der Waals surface area contributed by atoms with Gasteiger partial charge in [0.2, 0.25) is 0 Å². The van der Waals surface area contributed by atoms with Crippen LogP contribution in [0.2, 0.25) is 0 Å². The molecule has 104 valence electrons. The van der Waals surface area contributed by atoms with Crippen LogP contribution in [0.5, 0.6) is 0 Å². The molecule has 19 heavy (non-hydrogen) atoms.